The largest absolute Gasteiger partial charge is 0.475 e. The van der Waals surface area contributed by atoms with Crippen LogP contribution in [0.3, 0.4) is 0 Å². The number of methoxy groups -OCH3 is 1. The number of anilines is 1. The van der Waals surface area contributed by atoms with Crippen molar-refractivity contribution >= 4 is 21.6 Å². The summed E-state index contributed by atoms with van der Waals surface area (Å²) in [5, 5.41) is 3.32. The maximum absolute atomic E-state index is 5.41. The molecule has 0 bridgehead atoms. The summed E-state index contributed by atoms with van der Waals surface area (Å²) < 4.78 is 11.4. The van der Waals surface area contributed by atoms with Gasteiger partial charge in [-0.25, -0.2) is 4.98 Å². The molecule has 2 aromatic rings. The van der Waals surface area contributed by atoms with Crippen molar-refractivity contribution in [3.05, 3.63) is 52.6 Å². The number of hydrogen-bond donors (Lipinski definition) is 1. The van der Waals surface area contributed by atoms with Gasteiger partial charge in [-0.2, -0.15) is 0 Å². The van der Waals surface area contributed by atoms with Crippen LogP contribution in [0.15, 0.2) is 47.1 Å². The van der Waals surface area contributed by atoms with Gasteiger partial charge in [0.1, 0.15) is 6.61 Å². The lowest BCUT2D eigenvalue weighted by Gasteiger charge is -2.08. The van der Waals surface area contributed by atoms with Crippen molar-refractivity contribution < 1.29 is 9.47 Å². The highest BCUT2D eigenvalue weighted by molar-refractivity contribution is 9.10. The van der Waals surface area contributed by atoms with Crippen LogP contribution in [0.5, 0.6) is 5.88 Å². The number of hydrogen-bond acceptors (Lipinski definition) is 4. The fraction of sp³-hybridized carbons (Fsp3) is 0.267. The number of rotatable bonds is 7. The molecule has 1 aromatic heterocycles. The van der Waals surface area contributed by atoms with Crippen LogP contribution in [0.4, 0.5) is 5.69 Å². The Labute approximate surface area is 127 Å². The molecule has 1 N–H and O–H groups in total. The molecule has 2 rings (SSSR count). The summed E-state index contributed by atoms with van der Waals surface area (Å²) in [5.74, 6) is 0.608. The van der Waals surface area contributed by atoms with E-state index in [0.717, 1.165) is 16.7 Å². The number of ether oxygens (including phenoxy) is 2. The molecule has 5 heteroatoms. The minimum atomic E-state index is 0.509. The number of benzene rings is 1. The van der Waals surface area contributed by atoms with Crippen molar-refractivity contribution in [1.29, 1.82) is 0 Å². The molecule has 4 nitrogen and oxygen atoms in total. The maximum Gasteiger partial charge on any atom is 0.213 e. The highest BCUT2D eigenvalue weighted by Crippen LogP contribution is 2.14. The molecule has 20 heavy (non-hydrogen) atoms. The fourth-order valence-electron chi connectivity index (χ4n) is 1.61. The normalized spacial score (nSPS) is 10.3. The summed E-state index contributed by atoms with van der Waals surface area (Å²) in [6.07, 6.45) is 1.76. The van der Waals surface area contributed by atoms with Crippen LogP contribution in [0.2, 0.25) is 0 Å². The van der Waals surface area contributed by atoms with Crippen molar-refractivity contribution in [3.8, 4) is 5.88 Å². The van der Waals surface area contributed by atoms with E-state index in [9.17, 15) is 0 Å². The smallest absolute Gasteiger partial charge is 0.213 e. The Balaban J connectivity index is 1.82. The van der Waals surface area contributed by atoms with Gasteiger partial charge in [0.05, 0.1) is 18.5 Å². The van der Waals surface area contributed by atoms with E-state index in [1.54, 1.807) is 13.3 Å². The Morgan fingerprint density at radius 2 is 1.90 bits per heavy atom. The number of aromatic nitrogens is 1. The molecule has 0 aliphatic rings. The molecular formula is C15H17BrN2O2. The van der Waals surface area contributed by atoms with Gasteiger partial charge in [-0.15, -0.1) is 0 Å². The molecule has 0 saturated heterocycles. The van der Waals surface area contributed by atoms with Crippen molar-refractivity contribution in [2.24, 2.45) is 0 Å². The molecule has 0 amide bonds. The molecule has 1 aromatic carbocycles. The minimum absolute atomic E-state index is 0.509. The predicted molar refractivity (Wildman–Crippen MR) is 83.1 cm³/mol. The third kappa shape index (κ3) is 4.83. The second kappa shape index (κ2) is 7.87. The van der Waals surface area contributed by atoms with Gasteiger partial charge in [0.15, 0.2) is 0 Å². The SMILES string of the molecule is COCCOc1ccc(NCc2ccc(Br)cc2)cn1. The maximum atomic E-state index is 5.41. The van der Waals surface area contributed by atoms with Crippen molar-refractivity contribution in [3.63, 3.8) is 0 Å². The molecule has 0 saturated carbocycles. The lowest BCUT2D eigenvalue weighted by Crippen LogP contribution is -2.05. The second-order valence-electron chi connectivity index (χ2n) is 4.21. The van der Waals surface area contributed by atoms with Crippen molar-refractivity contribution in [2.75, 3.05) is 25.6 Å². The zero-order valence-corrected chi connectivity index (χ0v) is 12.9. The molecule has 0 aliphatic carbocycles. The summed E-state index contributed by atoms with van der Waals surface area (Å²) >= 11 is 3.42. The Morgan fingerprint density at radius 3 is 2.55 bits per heavy atom. The van der Waals surface area contributed by atoms with E-state index in [1.165, 1.54) is 5.56 Å². The van der Waals surface area contributed by atoms with E-state index in [-0.39, 0.29) is 0 Å². The van der Waals surface area contributed by atoms with Crippen LogP contribution in [0.25, 0.3) is 0 Å². The predicted octanol–water partition coefficient (Wildman–Crippen LogP) is 3.48. The molecule has 0 aliphatic heterocycles. The number of nitrogens with zero attached hydrogens (tertiary/aromatic N) is 1. The molecule has 0 unspecified atom stereocenters. The first-order valence-corrected chi connectivity index (χ1v) is 7.13. The molecule has 0 spiro atoms. The Bertz CT molecular complexity index is 514. The van der Waals surface area contributed by atoms with Gasteiger partial charge >= 0.3 is 0 Å². The molecule has 0 atom stereocenters. The average Bonchev–Trinajstić information content (AvgIpc) is 2.48. The van der Waals surface area contributed by atoms with E-state index >= 15 is 0 Å². The van der Waals surface area contributed by atoms with Crippen LogP contribution in [-0.2, 0) is 11.3 Å². The zero-order chi connectivity index (χ0) is 14.2. The van der Waals surface area contributed by atoms with E-state index in [2.05, 4.69) is 38.4 Å². The lowest BCUT2D eigenvalue weighted by molar-refractivity contribution is 0.144. The standard InChI is InChI=1S/C15H17BrN2O2/c1-19-8-9-20-15-7-6-14(11-18-15)17-10-12-2-4-13(16)5-3-12/h2-7,11,17H,8-10H2,1H3. The summed E-state index contributed by atoms with van der Waals surface area (Å²) in [7, 11) is 1.64. The van der Waals surface area contributed by atoms with Gasteiger partial charge in [0, 0.05) is 24.2 Å². The number of nitrogens with one attached hydrogen (secondary N) is 1. The molecule has 1 heterocycles. The van der Waals surface area contributed by atoms with Crippen LogP contribution >= 0.6 is 15.9 Å². The molecule has 0 radical (unpaired) electrons. The van der Waals surface area contributed by atoms with Crippen LogP contribution < -0.4 is 10.1 Å². The van der Waals surface area contributed by atoms with Gasteiger partial charge in [-0.3, -0.25) is 0 Å². The average molecular weight is 337 g/mol. The second-order valence-corrected chi connectivity index (χ2v) is 5.12. The van der Waals surface area contributed by atoms with E-state index in [4.69, 9.17) is 9.47 Å². The summed E-state index contributed by atoms with van der Waals surface area (Å²) in [6.45, 7) is 1.83. The van der Waals surface area contributed by atoms with Crippen molar-refractivity contribution in [2.45, 2.75) is 6.54 Å². The number of pyridine rings is 1. The van der Waals surface area contributed by atoms with Gasteiger partial charge in [-0.05, 0) is 23.8 Å². The Morgan fingerprint density at radius 1 is 1.10 bits per heavy atom. The first-order valence-electron chi connectivity index (χ1n) is 6.34. The fourth-order valence-corrected chi connectivity index (χ4v) is 1.87. The first-order chi connectivity index (χ1) is 9.78. The highest BCUT2D eigenvalue weighted by atomic mass is 79.9. The molecule has 106 valence electrons. The van der Waals surface area contributed by atoms with Crippen LogP contribution in [-0.4, -0.2) is 25.3 Å². The third-order valence-electron chi connectivity index (χ3n) is 2.68. The summed E-state index contributed by atoms with van der Waals surface area (Å²) in [4.78, 5) is 4.23. The van der Waals surface area contributed by atoms with Crippen LogP contribution in [0, 0.1) is 0 Å². The topological polar surface area (TPSA) is 43.4 Å². The quantitative estimate of drug-likeness (QED) is 0.786. The Kier molecular flexibility index (Phi) is 5.83. The van der Waals surface area contributed by atoms with Gasteiger partial charge in [0.2, 0.25) is 5.88 Å². The monoisotopic (exact) mass is 336 g/mol. The Hall–Kier alpha value is -1.59. The lowest BCUT2D eigenvalue weighted by atomic mass is 10.2. The molecular weight excluding hydrogens is 320 g/mol. The first kappa shape index (κ1) is 14.8. The van der Waals surface area contributed by atoms with Gasteiger partial charge in [0.25, 0.3) is 0 Å². The summed E-state index contributed by atoms with van der Waals surface area (Å²) in [5.41, 5.74) is 2.18. The van der Waals surface area contributed by atoms with Crippen molar-refractivity contribution in [1.82, 2.24) is 4.98 Å². The highest BCUT2D eigenvalue weighted by Gasteiger charge is 1.98. The summed E-state index contributed by atoms with van der Waals surface area (Å²) in [6, 6.07) is 12.0. The van der Waals surface area contributed by atoms with E-state index in [0.29, 0.717) is 19.1 Å². The number of halogens is 1. The van der Waals surface area contributed by atoms with E-state index < -0.39 is 0 Å². The van der Waals surface area contributed by atoms with Gasteiger partial charge in [-0.1, -0.05) is 28.1 Å². The minimum Gasteiger partial charge on any atom is -0.475 e. The van der Waals surface area contributed by atoms with E-state index in [1.807, 2.05) is 24.3 Å². The van der Waals surface area contributed by atoms with Crippen LogP contribution in [0.1, 0.15) is 5.56 Å². The van der Waals surface area contributed by atoms with Gasteiger partial charge < -0.3 is 14.8 Å². The zero-order valence-electron chi connectivity index (χ0n) is 11.3. The molecule has 0 fully saturated rings. The third-order valence-corrected chi connectivity index (χ3v) is 3.21.